The average Bonchev–Trinajstić information content (AvgIpc) is 2.27. The van der Waals surface area contributed by atoms with E-state index in [1.807, 2.05) is 6.07 Å². The number of halogens is 3. The van der Waals surface area contributed by atoms with E-state index in [1.165, 1.54) is 12.3 Å². The van der Waals surface area contributed by atoms with E-state index in [0.717, 1.165) is 26.2 Å². The van der Waals surface area contributed by atoms with Gasteiger partial charge in [-0.05, 0) is 25.7 Å². The van der Waals surface area contributed by atoms with E-state index in [1.54, 1.807) is 0 Å². The van der Waals surface area contributed by atoms with Crippen molar-refractivity contribution in [3.05, 3.63) is 23.5 Å². The molecule has 3 nitrogen and oxygen atoms in total. The summed E-state index contributed by atoms with van der Waals surface area (Å²) in [6, 6.07) is 3.10. The number of nitriles is 1. The molecule has 102 valence electrons. The topological polar surface area (TPSA) is 45.9 Å². The Labute approximate surface area is 109 Å². The van der Waals surface area contributed by atoms with Crippen LogP contribution in [0, 0.1) is 11.3 Å². The van der Waals surface area contributed by atoms with Crippen molar-refractivity contribution < 1.29 is 17.9 Å². The van der Waals surface area contributed by atoms with Crippen molar-refractivity contribution in [3.63, 3.8) is 0 Å². The minimum atomic E-state index is -4.42. The van der Waals surface area contributed by atoms with Crippen molar-refractivity contribution in [1.29, 1.82) is 5.26 Å². The second-order valence-electron chi connectivity index (χ2n) is 4.65. The van der Waals surface area contributed by atoms with E-state index in [-0.39, 0.29) is 17.4 Å². The fourth-order valence-corrected chi connectivity index (χ4v) is 1.89. The van der Waals surface area contributed by atoms with Crippen LogP contribution < -0.4 is 4.74 Å². The first kappa shape index (κ1) is 13.7. The van der Waals surface area contributed by atoms with Crippen molar-refractivity contribution in [2.24, 2.45) is 0 Å². The molecule has 0 unspecified atom stereocenters. The molecule has 0 aromatic carbocycles. The quantitative estimate of drug-likeness (QED) is 0.843. The van der Waals surface area contributed by atoms with Gasteiger partial charge in [-0.1, -0.05) is 6.42 Å². The Kier molecular flexibility index (Phi) is 3.65. The van der Waals surface area contributed by atoms with Gasteiger partial charge in [0.2, 0.25) is 0 Å². The molecule has 19 heavy (non-hydrogen) atoms. The fraction of sp³-hybridized carbons (Fsp3) is 0.538. The zero-order valence-electron chi connectivity index (χ0n) is 10.4. The SMILES string of the molecule is C[C@H](Oc1cc(C#N)ncc1C1CCC1)C(F)(F)F. The molecule has 1 heterocycles. The summed E-state index contributed by atoms with van der Waals surface area (Å²) in [5.41, 5.74) is 0.730. The van der Waals surface area contributed by atoms with E-state index in [4.69, 9.17) is 10.00 Å². The van der Waals surface area contributed by atoms with Crippen LogP contribution in [-0.2, 0) is 0 Å². The van der Waals surface area contributed by atoms with Crippen LogP contribution >= 0.6 is 0 Å². The first-order chi connectivity index (χ1) is 8.91. The predicted octanol–water partition coefficient (Wildman–Crippen LogP) is 3.55. The molecule has 0 spiro atoms. The summed E-state index contributed by atoms with van der Waals surface area (Å²) >= 11 is 0. The highest BCUT2D eigenvalue weighted by Crippen LogP contribution is 2.41. The highest BCUT2D eigenvalue weighted by Gasteiger charge is 2.39. The highest BCUT2D eigenvalue weighted by molar-refractivity contribution is 5.40. The second kappa shape index (κ2) is 5.08. The molecule has 0 radical (unpaired) electrons. The number of rotatable bonds is 3. The smallest absolute Gasteiger partial charge is 0.425 e. The molecule has 1 aliphatic carbocycles. The molecule has 0 N–H and O–H groups in total. The van der Waals surface area contributed by atoms with Gasteiger partial charge in [-0.2, -0.15) is 18.4 Å². The predicted molar refractivity (Wildman–Crippen MR) is 61.7 cm³/mol. The lowest BCUT2D eigenvalue weighted by Crippen LogP contribution is -2.31. The van der Waals surface area contributed by atoms with E-state index in [2.05, 4.69) is 4.98 Å². The zero-order chi connectivity index (χ0) is 14.0. The molecular weight excluding hydrogens is 257 g/mol. The zero-order valence-corrected chi connectivity index (χ0v) is 10.4. The van der Waals surface area contributed by atoms with E-state index >= 15 is 0 Å². The number of hydrogen-bond acceptors (Lipinski definition) is 3. The molecule has 0 bridgehead atoms. The standard InChI is InChI=1S/C13H13F3N2O/c1-8(13(14,15)16)19-12-5-10(6-17)18-7-11(12)9-3-2-4-9/h5,7-9H,2-4H2,1H3/t8-/m0/s1. The van der Waals surface area contributed by atoms with Crippen LogP contribution in [0.15, 0.2) is 12.3 Å². The number of hydrogen-bond donors (Lipinski definition) is 0. The lowest BCUT2D eigenvalue weighted by Gasteiger charge is -2.28. The summed E-state index contributed by atoms with van der Waals surface area (Å²) in [7, 11) is 0. The molecule has 2 rings (SSSR count). The van der Waals surface area contributed by atoms with Crippen LogP contribution in [0.3, 0.4) is 0 Å². The number of nitrogens with zero attached hydrogens (tertiary/aromatic N) is 2. The van der Waals surface area contributed by atoms with Crippen molar-refractivity contribution >= 4 is 0 Å². The molecule has 0 aliphatic heterocycles. The minimum absolute atomic E-state index is 0.0625. The largest absolute Gasteiger partial charge is 0.481 e. The van der Waals surface area contributed by atoms with Gasteiger partial charge in [-0.25, -0.2) is 4.98 Å². The van der Waals surface area contributed by atoms with Gasteiger partial charge in [0.25, 0.3) is 0 Å². The van der Waals surface area contributed by atoms with Gasteiger partial charge in [0.15, 0.2) is 6.10 Å². The monoisotopic (exact) mass is 270 g/mol. The van der Waals surface area contributed by atoms with Crippen molar-refractivity contribution in [3.8, 4) is 11.8 Å². The van der Waals surface area contributed by atoms with E-state index in [0.29, 0.717) is 5.56 Å². The van der Waals surface area contributed by atoms with Gasteiger partial charge in [-0.15, -0.1) is 0 Å². The maximum atomic E-state index is 12.5. The average molecular weight is 270 g/mol. The van der Waals surface area contributed by atoms with E-state index < -0.39 is 12.3 Å². The van der Waals surface area contributed by atoms with Crippen molar-refractivity contribution in [1.82, 2.24) is 4.98 Å². The second-order valence-corrected chi connectivity index (χ2v) is 4.65. The van der Waals surface area contributed by atoms with Crippen LogP contribution in [0.2, 0.25) is 0 Å². The molecule has 6 heteroatoms. The van der Waals surface area contributed by atoms with Gasteiger partial charge < -0.3 is 4.74 Å². The fourth-order valence-electron chi connectivity index (χ4n) is 1.89. The third-order valence-electron chi connectivity index (χ3n) is 3.32. The molecule has 1 saturated carbocycles. The molecule has 1 aliphatic rings. The van der Waals surface area contributed by atoms with Crippen LogP contribution in [0.1, 0.15) is 43.4 Å². The van der Waals surface area contributed by atoms with Crippen molar-refractivity contribution in [2.75, 3.05) is 0 Å². The molecule has 1 aromatic rings. The Morgan fingerprint density at radius 3 is 2.63 bits per heavy atom. The maximum absolute atomic E-state index is 12.5. The van der Waals surface area contributed by atoms with E-state index in [9.17, 15) is 13.2 Å². The summed E-state index contributed by atoms with van der Waals surface area (Å²) in [6.07, 6.45) is -1.97. The van der Waals surface area contributed by atoms with Crippen LogP contribution in [0.4, 0.5) is 13.2 Å². The number of ether oxygens (including phenoxy) is 1. The van der Waals surface area contributed by atoms with Crippen LogP contribution in [0.5, 0.6) is 5.75 Å². The Morgan fingerprint density at radius 1 is 1.47 bits per heavy atom. The summed E-state index contributed by atoms with van der Waals surface area (Å²) < 4.78 is 42.6. The summed E-state index contributed by atoms with van der Waals surface area (Å²) in [4.78, 5) is 3.91. The normalized spacial score (nSPS) is 17.4. The third-order valence-corrected chi connectivity index (χ3v) is 3.32. The van der Waals surface area contributed by atoms with Crippen LogP contribution in [-0.4, -0.2) is 17.3 Å². The lowest BCUT2D eigenvalue weighted by atomic mass is 9.80. The molecule has 1 aromatic heterocycles. The molecule has 0 amide bonds. The lowest BCUT2D eigenvalue weighted by molar-refractivity contribution is -0.189. The van der Waals surface area contributed by atoms with Gasteiger partial charge in [0, 0.05) is 17.8 Å². The summed E-state index contributed by atoms with van der Waals surface area (Å²) in [5, 5.41) is 8.77. The summed E-state index contributed by atoms with van der Waals surface area (Å²) in [5.74, 6) is 0.316. The van der Waals surface area contributed by atoms with Gasteiger partial charge in [0.1, 0.15) is 17.5 Å². The van der Waals surface area contributed by atoms with Crippen molar-refractivity contribution in [2.45, 2.75) is 44.4 Å². The Morgan fingerprint density at radius 2 is 2.16 bits per heavy atom. The Hall–Kier alpha value is -1.77. The summed E-state index contributed by atoms with van der Waals surface area (Å²) in [6.45, 7) is 0.955. The number of pyridine rings is 1. The highest BCUT2D eigenvalue weighted by atomic mass is 19.4. The van der Waals surface area contributed by atoms with Gasteiger partial charge in [0.05, 0.1) is 0 Å². The van der Waals surface area contributed by atoms with Crippen LogP contribution in [0.25, 0.3) is 0 Å². The van der Waals surface area contributed by atoms with Gasteiger partial charge in [-0.3, -0.25) is 0 Å². The molecular formula is C13H13F3N2O. The Bertz CT molecular complexity index is 504. The van der Waals surface area contributed by atoms with Gasteiger partial charge >= 0.3 is 6.18 Å². The first-order valence-electron chi connectivity index (χ1n) is 6.05. The third kappa shape index (κ3) is 2.98. The minimum Gasteiger partial charge on any atom is -0.481 e. The molecule has 1 atom stereocenters. The molecule has 0 saturated heterocycles. The first-order valence-corrected chi connectivity index (χ1v) is 6.05. The maximum Gasteiger partial charge on any atom is 0.425 e. The molecule has 1 fully saturated rings. The Balaban J connectivity index is 2.28. The number of aromatic nitrogens is 1. The number of alkyl halides is 3.